The number of benzene rings is 1. The fourth-order valence-electron chi connectivity index (χ4n) is 1.43. The quantitative estimate of drug-likeness (QED) is 0.735. The summed E-state index contributed by atoms with van der Waals surface area (Å²) in [4.78, 5) is 1.27. The van der Waals surface area contributed by atoms with Crippen LogP contribution in [0, 0.1) is 5.82 Å². The lowest BCUT2D eigenvalue weighted by Crippen LogP contribution is -1.86. The molecule has 0 bridgehead atoms. The molecule has 2 aromatic rings. The lowest BCUT2D eigenvalue weighted by atomic mass is 10.2. The van der Waals surface area contributed by atoms with Gasteiger partial charge in [0.2, 0.25) is 0 Å². The van der Waals surface area contributed by atoms with Gasteiger partial charge in [-0.05, 0) is 30.0 Å². The Balaban J connectivity index is 2.64. The van der Waals surface area contributed by atoms with Crippen LogP contribution in [0.4, 0.5) is 4.39 Å². The molecule has 0 saturated heterocycles. The summed E-state index contributed by atoms with van der Waals surface area (Å²) in [5.41, 5.74) is 0. The minimum Gasteiger partial charge on any atom is -0.494 e. The van der Waals surface area contributed by atoms with Gasteiger partial charge in [0.15, 0.2) is 11.6 Å². The molecule has 14 heavy (non-hydrogen) atoms. The van der Waals surface area contributed by atoms with Gasteiger partial charge in [0.1, 0.15) is 0 Å². The molecule has 0 aliphatic heterocycles. The molecule has 1 heterocycles. The predicted molar refractivity (Wildman–Crippen MR) is 57.7 cm³/mol. The van der Waals surface area contributed by atoms with E-state index < -0.39 is 0 Å². The Morgan fingerprint density at radius 3 is 2.79 bits per heavy atom. The van der Waals surface area contributed by atoms with Crippen molar-refractivity contribution < 1.29 is 9.13 Å². The van der Waals surface area contributed by atoms with Gasteiger partial charge in [0.05, 0.1) is 7.11 Å². The summed E-state index contributed by atoms with van der Waals surface area (Å²) in [5.74, 6) is 0.0301. The van der Waals surface area contributed by atoms with Crippen LogP contribution in [0.25, 0.3) is 10.1 Å². The SMILES string of the molecule is CCc1cc2cc(OC)c(F)cc2s1. The molecular weight excluding hydrogens is 199 g/mol. The minimum atomic E-state index is -0.287. The van der Waals surface area contributed by atoms with Crippen molar-refractivity contribution in [3.63, 3.8) is 0 Å². The first kappa shape index (κ1) is 9.46. The third-order valence-corrected chi connectivity index (χ3v) is 3.43. The van der Waals surface area contributed by atoms with Crippen LogP contribution >= 0.6 is 11.3 Å². The maximum Gasteiger partial charge on any atom is 0.166 e. The van der Waals surface area contributed by atoms with E-state index in [1.165, 1.54) is 18.1 Å². The monoisotopic (exact) mass is 210 g/mol. The summed E-state index contributed by atoms with van der Waals surface area (Å²) in [6.45, 7) is 2.10. The molecule has 0 spiro atoms. The molecule has 0 radical (unpaired) electrons. The van der Waals surface area contributed by atoms with Crippen LogP contribution in [-0.4, -0.2) is 7.11 Å². The van der Waals surface area contributed by atoms with Crippen LogP contribution in [0.1, 0.15) is 11.8 Å². The normalized spacial score (nSPS) is 10.8. The van der Waals surface area contributed by atoms with Gasteiger partial charge in [0, 0.05) is 9.58 Å². The molecule has 0 fully saturated rings. The Bertz CT molecular complexity index is 462. The van der Waals surface area contributed by atoms with Gasteiger partial charge in [-0.1, -0.05) is 6.92 Å². The highest BCUT2D eigenvalue weighted by atomic mass is 32.1. The van der Waals surface area contributed by atoms with Crippen LogP contribution in [0.5, 0.6) is 5.75 Å². The lowest BCUT2D eigenvalue weighted by molar-refractivity contribution is 0.387. The number of ether oxygens (including phenoxy) is 1. The Morgan fingerprint density at radius 2 is 2.14 bits per heavy atom. The third-order valence-electron chi connectivity index (χ3n) is 2.19. The summed E-state index contributed by atoms with van der Waals surface area (Å²) in [7, 11) is 1.48. The summed E-state index contributed by atoms with van der Waals surface area (Å²) in [5, 5.41) is 1.06. The fourth-order valence-corrected chi connectivity index (χ4v) is 2.44. The Labute approximate surface area is 86.1 Å². The van der Waals surface area contributed by atoms with Crippen molar-refractivity contribution in [2.75, 3.05) is 7.11 Å². The number of thiophene rings is 1. The maximum absolute atomic E-state index is 13.3. The molecule has 0 amide bonds. The molecule has 0 aliphatic carbocycles. The van der Waals surface area contributed by atoms with E-state index in [0.717, 1.165) is 16.5 Å². The second-order valence-corrected chi connectivity index (χ2v) is 4.26. The van der Waals surface area contributed by atoms with Crippen LogP contribution in [0.2, 0.25) is 0 Å². The van der Waals surface area contributed by atoms with E-state index in [2.05, 4.69) is 13.0 Å². The van der Waals surface area contributed by atoms with E-state index in [-0.39, 0.29) is 5.82 Å². The molecule has 2 rings (SSSR count). The summed E-state index contributed by atoms with van der Waals surface area (Å²) in [6, 6.07) is 5.38. The fraction of sp³-hybridized carbons (Fsp3) is 0.273. The molecule has 0 atom stereocenters. The van der Waals surface area contributed by atoms with Gasteiger partial charge >= 0.3 is 0 Å². The van der Waals surface area contributed by atoms with Crippen LogP contribution in [0.15, 0.2) is 18.2 Å². The largest absolute Gasteiger partial charge is 0.494 e. The number of hydrogen-bond acceptors (Lipinski definition) is 2. The molecule has 3 heteroatoms. The zero-order chi connectivity index (χ0) is 10.1. The van der Waals surface area contributed by atoms with Gasteiger partial charge in [-0.2, -0.15) is 0 Å². The van der Waals surface area contributed by atoms with Crippen molar-refractivity contribution in [2.45, 2.75) is 13.3 Å². The molecular formula is C11H11FOS. The second-order valence-electron chi connectivity index (χ2n) is 3.09. The van der Waals surface area contributed by atoms with E-state index in [4.69, 9.17) is 4.74 Å². The van der Waals surface area contributed by atoms with Crippen LogP contribution in [-0.2, 0) is 6.42 Å². The van der Waals surface area contributed by atoms with Crippen molar-refractivity contribution >= 4 is 21.4 Å². The maximum atomic E-state index is 13.3. The van der Waals surface area contributed by atoms with Crippen molar-refractivity contribution in [3.05, 3.63) is 28.9 Å². The summed E-state index contributed by atoms with van der Waals surface area (Å²) in [6.07, 6.45) is 0.989. The first-order chi connectivity index (χ1) is 6.74. The van der Waals surface area contributed by atoms with E-state index in [9.17, 15) is 4.39 Å². The average molecular weight is 210 g/mol. The van der Waals surface area contributed by atoms with Crippen molar-refractivity contribution in [1.82, 2.24) is 0 Å². The van der Waals surface area contributed by atoms with Crippen LogP contribution in [0.3, 0.4) is 0 Å². The zero-order valence-corrected chi connectivity index (χ0v) is 8.95. The predicted octanol–water partition coefficient (Wildman–Crippen LogP) is 3.61. The van der Waals surface area contributed by atoms with E-state index in [1.807, 2.05) is 0 Å². The van der Waals surface area contributed by atoms with E-state index in [1.54, 1.807) is 17.4 Å². The zero-order valence-electron chi connectivity index (χ0n) is 8.13. The number of methoxy groups -OCH3 is 1. The molecule has 0 aliphatic rings. The number of rotatable bonds is 2. The topological polar surface area (TPSA) is 9.23 Å². The summed E-state index contributed by atoms with van der Waals surface area (Å²) >= 11 is 1.64. The lowest BCUT2D eigenvalue weighted by Gasteiger charge is -2.00. The van der Waals surface area contributed by atoms with Gasteiger partial charge in [-0.3, -0.25) is 0 Å². The van der Waals surface area contributed by atoms with Gasteiger partial charge in [0.25, 0.3) is 0 Å². The van der Waals surface area contributed by atoms with Gasteiger partial charge < -0.3 is 4.74 Å². The Kier molecular flexibility index (Phi) is 2.42. The number of fused-ring (bicyclic) bond motifs is 1. The third kappa shape index (κ3) is 1.48. The molecule has 1 aromatic heterocycles. The summed E-state index contributed by atoms with van der Waals surface area (Å²) < 4.78 is 19.2. The highest BCUT2D eigenvalue weighted by Gasteiger charge is 2.07. The Morgan fingerprint density at radius 1 is 1.36 bits per heavy atom. The molecule has 1 aromatic carbocycles. The highest BCUT2D eigenvalue weighted by Crippen LogP contribution is 2.31. The molecule has 0 saturated carbocycles. The molecule has 0 N–H and O–H groups in total. The average Bonchev–Trinajstić information content (AvgIpc) is 2.58. The van der Waals surface area contributed by atoms with Crippen LogP contribution < -0.4 is 4.74 Å². The molecule has 1 nitrogen and oxygen atoms in total. The number of halogens is 1. The van der Waals surface area contributed by atoms with Crippen molar-refractivity contribution in [1.29, 1.82) is 0 Å². The van der Waals surface area contributed by atoms with E-state index >= 15 is 0 Å². The standard InChI is InChI=1S/C11H11FOS/c1-3-8-4-7-5-10(13-2)9(12)6-11(7)14-8/h4-6H,3H2,1-2H3. The Hall–Kier alpha value is -1.09. The smallest absolute Gasteiger partial charge is 0.166 e. The molecule has 74 valence electrons. The minimum absolute atomic E-state index is 0.287. The van der Waals surface area contributed by atoms with Crippen molar-refractivity contribution in [3.8, 4) is 5.75 Å². The van der Waals surface area contributed by atoms with Crippen molar-refractivity contribution in [2.24, 2.45) is 0 Å². The van der Waals surface area contributed by atoms with E-state index in [0.29, 0.717) is 5.75 Å². The second kappa shape index (κ2) is 3.58. The van der Waals surface area contributed by atoms with Gasteiger partial charge in [-0.25, -0.2) is 4.39 Å². The number of hydrogen-bond donors (Lipinski definition) is 0. The highest BCUT2D eigenvalue weighted by molar-refractivity contribution is 7.19. The number of aryl methyl sites for hydroxylation is 1. The first-order valence-electron chi connectivity index (χ1n) is 4.50. The van der Waals surface area contributed by atoms with Gasteiger partial charge in [-0.15, -0.1) is 11.3 Å². The first-order valence-corrected chi connectivity index (χ1v) is 5.32. The molecule has 0 unspecified atom stereocenters.